The van der Waals surface area contributed by atoms with Gasteiger partial charge in [-0.3, -0.25) is 14.8 Å². The minimum Gasteiger partial charge on any atom is -0.279 e. The van der Waals surface area contributed by atoms with Crippen molar-refractivity contribution in [3.63, 3.8) is 0 Å². The van der Waals surface area contributed by atoms with Gasteiger partial charge in [0.2, 0.25) is 0 Å². The highest BCUT2D eigenvalue weighted by Gasteiger charge is 2.25. The number of nitro groups is 1. The van der Waals surface area contributed by atoms with Gasteiger partial charge in [0.05, 0.1) is 4.92 Å². The van der Waals surface area contributed by atoms with Gasteiger partial charge >= 0.3 is 0 Å². The van der Waals surface area contributed by atoms with Crippen LogP contribution in [-0.2, 0) is 10.0 Å². The summed E-state index contributed by atoms with van der Waals surface area (Å²) >= 11 is 1.44. The summed E-state index contributed by atoms with van der Waals surface area (Å²) in [6, 6.07) is 15.5. The number of nitrogens with one attached hydrogen (secondary N) is 1. The van der Waals surface area contributed by atoms with Gasteiger partial charge in [0.25, 0.3) is 15.7 Å². The zero-order valence-electron chi connectivity index (χ0n) is 14.1. The standard InChI is InChI=1S/C18H12N4O4S2/c23-22(24)15-5-1-2-6-16(15)28(25,26)21-13-9-7-12(8-10-13)17-20-14-4-3-11-19-18(14)27-17/h1-11,21H. The molecule has 0 aliphatic heterocycles. The molecule has 0 spiro atoms. The first-order valence-corrected chi connectivity index (χ1v) is 10.3. The van der Waals surface area contributed by atoms with Crippen LogP contribution in [0.3, 0.4) is 0 Å². The quantitative estimate of drug-likeness (QED) is 0.390. The molecule has 0 atom stereocenters. The van der Waals surface area contributed by atoms with Crippen LogP contribution < -0.4 is 4.72 Å². The molecule has 28 heavy (non-hydrogen) atoms. The third kappa shape index (κ3) is 3.42. The number of thiazole rings is 1. The van der Waals surface area contributed by atoms with E-state index in [-0.39, 0.29) is 4.90 Å². The lowest BCUT2D eigenvalue weighted by Crippen LogP contribution is -2.14. The molecule has 140 valence electrons. The molecule has 0 aliphatic carbocycles. The molecule has 4 rings (SSSR count). The van der Waals surface area contributed by atoms with Crippen LogP contribution in [0.4, 0.5) is 11.4 Å². The van der Waals surface area contributed by atoms with Crippen molar-refractivity contribution < 1.29 is 13.3 Å². The van der Waals surface area contributed by atoms with E-state index < -0.39 is 20.6 Å². The predicted octanol–water partition coefficient (Wildman–Crippen LogP) is 4.07. The van der Waals surface area contributed by atoms with Crippen LogP contribution in [0, 0.1) is 10.1 Å². The Hall–Kier alpha value is -3.37. The van der Waals surface area contributed by atoms with Crippen molar-refractivity contribution in [2.75, 3.05) is 4.72 Å². The first-order valence-electron chi connectivity index (χ1n) is 8.02. The number of nitro benzene ring substituents is 1. The van der Waals surface area contributed by atoms with E-state index in [4.69, 9.17) is 0 Å². The summed E-state index contributed by atoms with van der Waals surface area (Å²) in [5.41, 5.74) is 1.43. The average molecular weight is 412 g/mol. The van der Waals surface area contributed by atoms with Gasteiger partial charge in [0.15, 0.2) is 4.90 Å². The van der Waals surface area contributed by atoms with Gasteiger partial charge in [0, 0.05) is 23.5 Å². The number of rotatable bonds is 5. The Morgan fingerprint density at radius 3 is 2.46 bits per heavy atom. The maximum Gasteiger partial charge on any atom is 0.289 e. The molecular weight excluding hydrogens is 400 g/mol. The number of sulfonamides is 1. The minimum atomic E-state index is -4.10. The lowest BCUT2D eigenvalue weighted by Gasteiger charge is -2.08. The summed E-state index contributed by atoms with van der Waals surface area (Å²) < 4.78 is 27.5. The second-order valence-corrected chi connectivity index (χ2v) is 8.38. The van der Waals surface area contributed by atoms with Crippen molar-refractivity contribution in [1.29, 1.82) is 0 Å². The van der Waals surface area contributed by atoms with E-state index in [1.54, 1.807) is 30.5 Å². The summed E-state index contributed by atoms with van der Waals surface area (Å²) in [7, 11) is -4.10. The first-order chi connectivity index (χ1) is 13.4. The smallest absolute Gasteiger partial charge is 0.279 e. The van der Waals surface area contributed by atoms with E-state index in [0.29, 0.717) is 5.69 Å². The van der Waals surface area contributed by atoms with Crippen molar-refractivity contribution in [1.82, 2.24) is 9.97 Å². The molecule has 0 bridgehead atoms. The number of benzene rings is 2. The molecule has 0 radical (unpaired) electrons. The summed E-state index contributed by atoms with van der Waals surface area (Å²) in [6.45, 7) is 0. The zero-order chi connectivity index (χ0) is 19.7. The number of anilines is 1. The summed E-state index contributed by atoms with van der Waals surface area (Å²) in [5.74, 6) is 0. The lowest BCUT2D eigenvalue weighted by atomic mass is 10.2. The number of pyridine rings is 1. The van der Waals surface area contributed by atoms with E-state index in [9.17, 15) is 18.5 Å². The Balaban J connectivity index is 1.62. The Morgan fingerprint density at radius 2 is 1.75 bits per heavy atom. The predicted molar refractivity (Wildman–Crippen MR) is 107 cm³/mol. The summed E-state index contributed by atoms with van der Waals surface area (Å²) in [5, 5.41) is 11.9. The Kier molecular flexibility index (Phi) is 4.49. The third-order valence-corrected chi connectivity index (χ3v) is 6.36. The maximum absolute atomic E-state index is 12.6. The summed E-state index contributed by atoms with van der Waals surface area (Å²) in [6.07, 6.45) is 1.70. The fourth-order valence-corrected chi connectivity index (χ4v) is 4.76. The van der Waals surface area contributed by atoms with Crippen LogP contribution in [-0.4, -0.2) is 23.3 Å². The molecule has 0 saturated carbocycles. The SMILES string of the molecule is O=[N+]([O-])c1ccccc1S(=O)(=O)Nc1ccc(-c2nc3cccnc3s2)cc1. The van der Waals surface area contributed by atoms with Crippen LogP contribution in [0.15, 0.2) is 71.8 Å². The van der Waals surface area contributed by atoms with Crippen LogP contribution in [0.5, 0.6) is 0 Å². The van der Waals surface area contributed by atoms with Crippen molar-refractivity contribution in [2.24, 2.45) is 0 Å². The molecular formula is C18H12N4O4S2. The number of hydrogen-bond acceptors (Lipinski definition) is 7. The van der Waals surface area contributed by atoms with Crippen molar-refractivity contribution >= 4 is 43.1 Å². The number of para-hydroxylation sites is 1. The topological polar surface area (TPSA) is 115 Å². The molecule has 0 aliphatic rings. The lowest BCUT2D eigenvalue weighted by molar-refractivity contribution is -0.387. The minimum absolute atomic E-state index is 0.293. The molecule has 10 heteroatoms. The molecule has 2 heterocycles. The molecule has 0 unspecified atom stereocenters. The number of aromatic nitrogens is 2. The highest BCUT2D eigenvalue weighted by atomic mass is 32.2. The van der Waals surface area contributed by atoms with E-state index in [1.165, 1.54) is 29.5 Å². The van der Waals surface area contributed by atoms with Crippen LogP contribution in [0.25, 0.3) is 20.9 Å². The fraction of sp³-hybridized carbons (Fsp3) is 0. The number of nitrogens with zero attached hydrogens (tertiary/aromatic N) is 3. The Labute approximate surface area is 163 Å². The van der Waals surface area contributed by atoms with Gasteiger partial charge in [-0.2, -0.15) is 0 Å². The highest BCUT2D eigenvalue weighted by Crippen LogP contribution is 2.30. The number of hydrogen-bond donors (Lipinski definition) is 1. The van der Waals surface area contributed by atoms with Gasteiger partial charge in [-0.25, -0.2) is 18.4 Å². The molecule has 2 aromatic heterocycles. The van der Waals surface area contributed by atoms with Crippen LogP contribution in [0.2, 0.25) is 0 Å². The first kappa shape index (κ1) is 18.0. The molecule has 0 amide bonds. The van der Waals surface area contributed by atoms with Gasteiger partial charge in [-0.15, -0.1) is 0 Å². The number of fused-ring (bicyclic) bond motifs is 1. The third-order valence-electron chi connectivity index (χ3n) is 3.90. The molecule has 2 aromatic carbocycles. The van der Waals surface area contributed by atoms with Crippen molar-refractivity contribution in [2.45, 2.75) is 4.90 Å². The van der Waals surface area contributed by atoms with Crippen LogP contribution in [0.1, 0.15) is 0 Å². The molecule has 4 aromatic rings. The van der Waals surface area contributed by atoms with E-state index in [0.717, 1.165) is 27.0 Å². The van der Waals surface area contributed by atoms with Gasteiger partial charge in [0.1, 0.15) is 15.4 Å². The van der Waals surface area contributed by atoms with E-state index in [1.807, 2.05) is 12.1 Å². The van der Waals surface area contributed by atoms with Crippen molar-refractivity contribution in [3.8, 4) is 10.6 Å². The van der Waals surface area contributed by atoms with Gasteiger partial charge in [-0.05, 0) is 42.5 Å². The fourth-order valence-electron chi connectivity index (χ4n) is 2.62. The Bertz CT molecular complexity index is 1250. The molecule has 1 N–H and O–H groups in total. The maximum atomic E-state index is 12.6. The summed E-state index contributed by atoms with van der Waals surface area (Å²) in [4.78, 5) is 19.6. The normalized spacial score (nSPS) is 11.4. The Morgan fingerprint density at radius 1 is 1.00 bits per heavy atom. The average Bonchev–Trinajstić information content (AvgIpc) is 3.12. The monoisotopic (exact) mass is 412 g/mol. The van der Waals surface area contributed by atoms with Crippen molar-refractivity contribution in [3.05, 3.63) is 77.0 Å². The molecule has 0 saturated heterocycles. The zero-order valence-corrected chi connectivity index (χ0v) is 15.8. The highest BCUT2D eigenvalue weighted by molar-refractivity contribution is 7.92. The van der Waals surface area contributed by atoms with Gasteiger partial charge in [-0.1, -0.05) is 23.5 Å². The molecule has 0 fully saturated rings. The second kappa shape index (κ2) is 6.98. The van der Waals surface area contributed by atoms with Crippen LogP contribution >= 0.6 is 11.3 Å². The molecule has 8 nitrogen and oxygen atoms in total. The van der Waals surface area contributed by atoms with Gasteiger partial charge < -0.3 is 0 Å². The van der Waals surface area contributed by atoms with E-state index in [2.05, 4.69) is 14.7 Å². The van der Waals surface area contributed by atoms with E-state index >= 15 is 0 Å². The largest absolute Gasteiger partial charge is 0.289 e. The second-order valence-electron chi connectivity index (χ2n) is 5.75.